The van der Waals surface area contributed by atoms with Crippen molar-refractivity contribution in [3.63, 3.8) is 0 Å². The maximum Gasteiger partial charge on any atom is 0.305 e. The van der Waals surface area contributed by atoms with Gasteiger partial charge in [0, 0.05) is 24.2 Å². The van der Waals surface area contributed by atoms with Gasteiger partial charge in [-0.25, -0.2) is 0 Å². The summed E-state index contributed by atoms with van der Waals surface area (Å²) in [5.41, 5.74) is -1.53. The lowest BCUT2D eigenvalue weighted by Crippen LogP contribution is -2.50. The zero-order valence-electron chi connectivity index (χ0n) is 11.8. The second kappa shape index (κ2) is 3.35. The van der Waals surface area contributed by atoms with Crippen LogP contribution in [0, 0.1) is 16.2 Å². The summed E-state index contributed by atoms with van der Waals surface area (Å²) in [5, 5.41) is 10.8. The number of fused-ring (bicyclic) bond motifs is 2. The molecular weight excluding hydrogens is 232 g/mol. The van der Waals surface area contributed by atoms with E-state index in [1.54, 1.807) is 6.92 Å². The van der Waals surface area contributed by atoms with Crippen LogP contribution in [-0.2, 0) is 14.3 Å². The van der Waals surface area contributed by atoms with Gasteiger partial charge in [-0.3, -0.25) is 9.59 Å². The van der Waals surface area contributed by atoms with Crippen LogP contribution in [0.2, 0.25) is 0 Å². The first kappa shape index (κ1) is 13.5. The molecule has 0 radical (unpaired) electrons. The summed E-state index contributed by atoms with van der Waals surface area (Å²) in [5.74, 6) is -1.94. The van der Waals surface area contributed by atoms with Crippen molar-refractivity contribution in [2.75, 3.05) is 0 Å². The minimum Gasteiger partial charge on any atom is -0.433 e. The van der Waals surface area contributed by atoms with Crippen LogP contribution in [0.15, 0.2) is 0 Å². The van der Waals surface area contributed by atoms with Crippen LogP contribution in [0.25, 0.3) is 0 Å². The molecule has 0 aromatic heterocycles. The molecule has 0 heterocycles. The molecule has 102 valence electrons. The number of hydrogen-bond acceptors (Lipinski definition) is 4. The Hall–Kier alpha value is -0.900. The van der Waals surface area contributed by atoms with Crippen LogP contribution in [0.1, 0.15) is 53.9 Å². The molecule has 2 saturated carbocycles. The first-order valence-corrected chi connectivity index (χ1v) is 6.45. The fourth-order valence-corrected chi connectivity index (χ4v) is 4.34. The minimum atomic E-state index is -1.52. The molecule has 4 heteroatoms. The van der Waals surface area contributed by atoms with Gasteiger partial charge < -0.3 is 9.84 Å². The highest BCUT2D eigenvalue weighted by molar-refractivity contribution is 5.85. The molecule has 2 aliphatic rings. The van der Waals surface area contributed by atoms with Crippen LogP contribution in [0.5, 0.6) is 0 Å². The molecule has 0 amide bonds. The first-order valence-electron chi connectivity index (χ1n) is 6.45. The van der Waals surface area contributed by atoms with Crippen molar-refractivity contribution in [1.29, 1.82) is 0 Å². The van der Waals surface area contributed by atoms with E-state index in [0.717, 1.165) is 6.42 Å². The zero-order chi connectivity index (χ0) is 14.0. The maximum atomic E-state index is 12.1. The second-order valence-corrected chi connectivity index (χ2v) is 6.65. The quantitative estimate of drug-likeness (QED) is 0.605. The molecule has 18 heavy (non-hydrogen) atoms. The Bertz CT molecular complexity index is 428. The van der Waals surface area contributed by atoms with Crippen LogP contribution < -0.4 is 0 Å². The number of aliphatic hydroxyl groups is 1. The summed E-state index contributed by atoms with van der Waals surface area (Å²) in [4.78, 5) is 23.3. The van der Waals surface area contributed by atoms with E-state index in [-0.39, 0.29) is 17.6 Å². The number of hydrogen-bond donors (Lipinski definition) is 1. The van der Waals surface area contributed by atoms with Crippen molar-refractivity contribution in [2.24, 2.45) is 16.2 Å². The Labute approximate surface area is 108 Å². The summed E-state index contributed by atoms with van der Waals surface area (Å²) in [6.07, 6.45) is 1.68. The van der Waals surface area contributed by atoms with Gasteiger partial charge >= 0.3 is 5.97 Å². The predicted molar refractivity (Wildman–Crippen MR) is 65.6 cm³/mol. The van der Waals surface area contributed by atoms with Crippen molar-refractivity contribution in [3.05, 3.63) is 0 Å². The van der Waals surface area contributed by atoms with Gasteiger partial charge in [0.1, 0.15) is 5.78 Å². The fraction of sp³-hybridized carbons (Fsp3) is 0.857. The van der Waals surface area contributed by atoms with Crippen molar-refractivity contribution in [3.8, 4) is 0 Å². The molecule has 4 nitrogen and oxygen atoms in total. The Kier molecular flexibility index (Phi) is 2.52. The number of Topliss-reactive ketones (excluding diaryl/α,β-unsaturated/α-hetero) is 1. The lowest BCUT2D eigenvalue weighted by atomic mass is 9.63. The summed E-state index contributed by atoms with van der Waals surface area (Å²) >= 11 is 0. The number of carbonyl (C=O) groups excluding carboxylic acids is 2. The number of esters is 1. The summed E-state index contributed by atoms with van der Waals surface area (Å²) in [6.45, 7) is 8.80. The molecule has 0 saturated heterocycles. The van der Waals surface area contributed by atoms with E-state index >= 15 is 0 Å². The Morgan fingerprint density at radius 1 is 1.11 bits per heavy atom. The smallest absolute Gasteiger partial charge is 0.305 e. The van der Waals surface area contributed by atoms with E-state index < -0.39 is 22.6 Å². The molecular formula is C14H22O4. The highest BCUT2D eigenvalue weighted by Crippen LogP contribution is 2.76. The molecule has 0 aromatic rings. The summed E-state index contributed by atoms with van der Waals surface area (Å²) in [6, 6.07) is 0. The van der Waals surface area contributed by atoms with Crippen LogP contribution >= 0.6 is 0 Å². The highest BCUT2D eigenvalue weighted by Gasteiger charge is 2.78. The molecule has 0 aliphatic heterocycles. The monoisotopic (exact) mass is 254 g/mol. The summed E-state index contributed by atoms with van der Waals surface area (Å²) < 4.78 is 5.21. The van der Waals surface area contributed by atoms with Gasteiger partial charge in [0.2, 0.25) is 5.79 Å². The zero-order valence-corrected chi connectivity index (χ0v) is 11.8. The molecule has 2 bridgehead atoms. The van der Waals surface area contributed by atoms with Gasteiger partial charge in [0.25, 0.3) is 0 Å². The van der Waals surface area contributed by atoms with Gasteiger partial charge in [0.05, 0.1) is 0 Å². The SMILES string of the molecule is CC(=O)O[C@]1(O)C[C@]2(C(C)=O)CC[C@]1(C)C2(C)C. The van der Waals surface area contributed by atoms with Gasteiger partial charge in [-0.15, -0.1) is 0 Å². The normalized spacial score (nSPS) is 45.0. The number of rotatable bonds is 2. The molecule has 2 rings (SSSR count). The van der Waals surface area contributed by atoms with E-state index in [1.165, 1.54) is 6.92 Å². The lowest BCUT2D eigenvalue weighted by Gasteiger charge is -2.43. The average molecular weight is 254 g/mol. The van der Waals surface area contributed by atoms with Gasteiger partial charge in [-0.2, -0.15) is 0 Å². The number of ketones is 1. The standard InChI is InChI=1S/C14H22O4/c1-9(15)13-7-6-12(5,11(13,3)4)14(17,8-13)18-10(2)16/h17H,6-8H2,1-5H3/t12-,13+,14-/m1/s1. The van der Waals surface area contributed by atoms with Crippen molar-refractivity contribution < 1.29 is 19.4 Å². The fourth-order valence-electron chi connectivity index (χ4n) is 4.34. The van der Waals surface area contributed by atoms with E-state index in [4.69, 9.17) is 4.74 Å². The van der Waals surface area contributed by atoms with Gasteiger partial charge in [-0.05, 0) is 25.2 Å². The van der Waals surface area contributed by atoms with Crippen molar-refractivity contribution >= 4 is 11.8 Å². The van der Waals surface area contributed by atoms with E-state index in [9.17, 15) is 14.7 Å². The molecule has 1 N–H and O–H groups in total. The Morgan fingerprint density at radius 3 is 2.06 bits per heavy atom. The maximum absolute atomic E-state index is 12.1. The van der Waals surface area contributed by atoms with Gasteiger partial charge in [-0.1, -0.05) is 20.8 Å². The van der Waals surface area contributed by atoms with Crippen molar-refractivity contribution in [1.82, 2.24) is 0 Å². The molecule has 0 spiro atoms. The topological polar surface area (TPSA) is 63.6 Å². The largest absolute Gasteiger partial charge is 0.433 e. The summed E-state index contributed by atoms with van der Waals surface area (Å²) in [7, 11) is 0. The minimum absolute atomic E-state index is 0.0827. The van der Waals surface area contributed by atoms with Crippen LogP contribution in [0.3, 0.4) is 0 Å². The molecule has 0 aromatic carbocycles. The molecule has 0 unspecified atom stereocenters. The first-order chi connectivity index (χ1) is 8.02. The lowest BCUT2D eigenvalue weighted by molar-refractivity contribution is -0.260. The average Bonchev–Trinajstić information content (AvgIpc) is 2.45. The van der Waals surface area contributed by atoms with Crippen LogP contribution in [-0.4, -0.2) is 22.6 Å². The van der Waals surface area contributed by atoms with E-state index in [0.29, 0.717) is 6.42 Å². The van der Waals surface area contributed by atoms with E-state index in [2.05, 4.69) is 0 Å². The Balaban J connectivity index is 2.54. The molecule has 2 aliphatic carbocycles. The third-order valence-corrected chi connectivity index (χ3v) is 6.02. The molecule has 3 atom stereocenters. The number of ether oxygens (including phenoxy) is 1. The predicted octanol–water partition coefficient (Wildman–Crippen LogP) is 2.04. The van der Waals surface area contributed by atoms with Gasteiger partial charge in [0.15, 0.2) is 0 Å². The second-order valence-electron chi connectivity index (χ2n) is 6.65. The Morgan fingerprint density at radius 2 is 1.67 bits per heavy atom. The molecule has 2 fully saturated rings. The third kappa shape index (κ3) is 1.20. The van der Waals surface area contributed by atoms with Crippen LogP contribution in [0.4, 0.5) is 0 Å². The number of carbonyl (C=O) groups is 2. The third-order valence-electron chi connectivity index (χ3n) is 6.02. The van der Waals surface area contributed by atoms with E-state index in [1.807, 2.05) is 20.8 Å². The highest BCUT2D eigenvalue weighted by atomic mass is 16.7. The van der Waals surface area contributed by atoms with Crippen molar-refractivity contribution in [2.45, 2.75) is 59.7 Å².